The lowest BCUT2D eigenvalue weighted by atomic mass is 10.3. The van der Waals surface area contributed by atoms with Crippen molar-refractivity contribution < 1.29 is 9.15 Å². The number of hydrogen-bond donors (Lipinski definition) is 0. The van der Waals surface area contributed by atoms with E-state index in [2.05, 4.69) is 10.00 Å². The minimum Gasteiger partial charge on any atom is -0.492 e. The van der Waals surface area contributed by atoms with Crippen LogP contribution in [0.25, 0.3) is 11.6 Å². The van der Waals surface area contributed by atoms with E-state index in [0.717, 1.165) is 24.7 Å². The van der Waals surface area contributed by atoms with Crippen molar-refractivity contribution >= 4 is 23.8 Å². The number of likely N-dealkylation sites (N-methyl/N-ethyl adjacent to an activating group) is 1. The summed E-state index contributed by atoms with van der Waals surface area (Å²) in [6.07, 6.45) is 1.64. The van der Waals surface area contributed by atoms with Crippen molar-refractivity contribution in [2.75, 3.05) is 20.2 Å². The van der Waals surface area contributed by atoms with Gasteiger partial charge in [-0.2, -0.15) is 0 Å². The second-order valence-electron chi connectivity index (χ2n) is 5.85. The largest absolute Gasteiger partial charge is 0.492 e. The number of furan rings is 1. The molecule has 0 atom stereocenters. The Labute approximate surface area is 162 Å². The van der Waals surface area contributed by atoms with Gasteiger partial charge in [0.25, 0.3) is 0 Å². The van der Waals surface area contributed by atoms with Gasteiger partial charge in [0, 0.05) is 18.1 Å². The average molecular weight is 393 g/mol. The summed E-state index contributed by atoms with van der Waals surface area (Å²) in [6, 6.07) is 11.1. The Balaban J connectivity index is 1.61. The molecule has 2 heterocycles. The molecule has 0 fully saturated rings. The molecular formula is C18H21ClN4O2S. The van der Waals surface area contributed by atoms with Gasteiger partial charge in [-0.3, -0.25) is 9.47 Å². The van der Waals surface area contributed by atoms with Gasteiger partial charge in [0.2, 0.25) is 0 Å². The summed E-state index contributed by atoms with van der Waals surface area (Å²) >= 11 is 11.4. The van der Waals surface area contributed by atoms with E-state index in [-0.39, 0.29) is 0 Å². The lowest BCUT2D eigenvalue weighted by molar-refractivity contribution is 0.197. The normalized spacial score (nSPS) is 11.2. The number of benzene rings is 1. The highest BCUT2D eigenvalue weighted by atomic mass is 35.5. The van der Waals surface area contributed by atoms with E-state index in [1.807, 2.05) is 54.9 Å². The third kappa shape index (κ3) is 4.35. The Hall–Kier alpha value is -2.09. The Morgan fingerprint density at radius 2 is 2.04 bits per heavy atom. The van der Waals surface area contributed by atoms with E-state index in [1.165, 1.54) is 0 Å². The lowest BCUT2D eigenvalue weighted by Gasteiger charge is -2.16. The summed E-state index contributed by atoms with van der Waals surface area (Å²) in [7, 11) is 2.00. The van der Waals surface area contributed by atoms with E-state index >= 15 is 0 Å². The van der Waals surface area contributed by atoms with Crippen LogP contribution in [0, 0.1) is 4.77 Å². The Kier molecular flexibility index (Phi) is 6.13. The first-order chi connectivity index (χ1) is 12.6. The molecule has 1 aromatic carbocycles. The van der Waals surface area contributed by atoms with Crippen LogP contribution in [0.15, 0.2) is 47.1 Å². The third-order valence-electron chi connectivity index (χ3n) is 3.91. The van der Waals surface area contributed by atoms with Gasteiger partial charge in [0.05, 0.1) is 12.9 Å². The smallest absolute Gasteiger partial charge is 0.199 e. The fraction of sp³-hybridized carbons (Fsp3) is 0.333. The zero-order valence-corrected chi connectivity index (χ0v) is 16.3. The van der Waals surface area contributed by atoms with E-state index in [9.17, 15) is 0 Å². The van der Waals surface area contributed by atoms with Crippen molar-refractivity contribution in [2.24, 2.45) is 0 Å². The van der Waals surface area contributed by atoms with Gasteiger partial charge in [-0.15, -0.1) is 5.10 Å². The zero-order chi connectivity index (χ0) is 18.5. The molecule has 3 aromatic rings. The third-order valence-corrected chi connectivity index (χ3v) is 4.59. The van der Waals surface area contributed by atoms with Gasteiger partial charge < -0.3 is 9.15 Å². The standard InChI is InChI=1S/C18H21ClN4O2S/c1-3-22-17(16-5-4-11-25-16)20-23(18(22)26)13-21(2)10-12-24-15-8-6-14(19)7-9-15/h4-9,11H,3,10,12-13H2,1-2H3. The van der Waals surface area contributed by atoms with Crippen LogP contribution >= 0.6 is 23.8 Å². The summed E-state index contributed by atoms with van der Waals surface area (Å²) in [6.45, 7) is 4.64. The second kappa shape index (κ2) is 8.53. The number of hydrogen-bond acceptors (Lipinski definition) is 5. The highest BCUT2D eigenvalue weighted by molar-refractivity contribution is 7.71. The Morgan fingerprint density at radius 3 is 2.69 bits per heavy atom. The van der Waals surface area contributed by atoms with Crippen LogP contribution in [0.1, 0.15) is 6.92 Å². The maximum atomic E-state index is 5.87. The molecule has 8 heteroatoms. The van der Waals surface area contributed by atoms with Crippen LogP contribution < -0.4 is 4.74 Å². The van der Waals surface area contributed by atoms with E-state index in [0.29, 0.717) is 28.8 Å². The zero-order valence-electron chi connectivity index (χ0n) is 14.8. The summed E-state index contributed by atoms with van der Waals surface area (Å²) in [5.74, 6) is 2.26. The van der Waals surface area contributed by atoms with Crippen molar-refractivity contribution in [3.05, 3.63) is 52.5 Å². The summed E-state index contributed by atoms with van der Waals surface area (Å²) < 4.78 is 15.6. The van der Waals surface area contributed by atoms with Crippen molar-refractivity contribution in [1.29, 1.82) is 0 Å². The van der Waals surface area contributed by atoms with Gasteiger partial charge in [-0.25, -0.2) is 4.68 Å². The molecule has 0 amide bonds. The molecule has 0 aliphatic rings. The molecule has 0 bridgehead atoms. The number of rotatable bonds is 8. The molecule has 0 radical (unpaired) electrons. The topological polar surface area (TPSA) is 48.4 Å². The van der Waals surface area contributed by atoms with Crippen molar-refractivity contribution in [2.45, 2.75) is 20.1 Å². The summed E-state index contributed by atoms with van der Waals surface area (Å²) in [4.78, 5) is 2.10. The molecule has 0 aliphatic carbocycles. The molecule has 6 nitrogen and oxygen atoms in total. The second-order valence-corrected chi connectivity index (χ2v) is 6.65. The number of halogens is 1. The molecular weight excluding hydrogens is 372 g/mol. The van der Waals surface area contributed by atoms with Gasteiger partial charge in [-0.1, -0.05) is 11.6 Å². The van der Waals surface area contributed by atoms with E-state index < -0.39 is 0 Å². The lowest BCUT2D eigenvalue weighted by Crippen LogP contribution is -2.27. The SMILES string of the molecule is CCn1c(-c2ccco2)nn(CN(C)CCOc2ccc(Cl)cc2)c1=S. The molecule has 0 saturated carbocycles. The van der Waals surface area contributed by atoms with Crippen LogP contribution in [-0.2, 0) is 13.2 Å². The Bertz CT molecular complexity index is 887. The predicted octanol–water partition coefficient (Wildman–Crippen LogP) is 4.32. The monoisotopic (exact) mass is 392 g/mol. The van der Waals surface area contributed by atoms with Crippen LogP contribution in [0.2, 0.25) is 5.02 Å². The Morgan fingerprint density at radius 1 is 1.27 bits per heavy atom. The fourth-order valence-corrected chi connectivity index (χ4v) is 3.00. The maximum Gasteiger partial charge on any atom is 0.199 e. The first-order valence-electron chi connectivity index (χ1n) is 8.37. The van der Waals surface area contributed by atoms with Crippen LogP contribution in [0.3, 0.4) is 0 Å². The van der Waals surface area contributed by atoms with Crippen molar-refractivity contribution in [3.63, 3.8) is 0 Å². The van der Waals surface area contributed by atoms with Gasteiger partial charge >= 0.3 is 0 Å². The molecule has 3 rings (SSSR count). The predicted molar refractivity (Wildman–Crippen MR) is 104 cm³/mol. The van der Waals surface area contributed by atoms with Crippen molar-refractivity contribution in [1.82, 2.24) is 19.2 Å². The number of nitrogens with zero attached hydrogens (tertiary/aromatic N) is 4. The first-order valence-corrected chi connectivity index (χ1v) is 9.15. The molecule has 0 saturated heterocycles. The quantitative estimate of drug-likeness (QED) is 0.534. The molecule has 0 unspecified atom stereocenters. The van der Waals surface area contributed by atoms with Gasteiger partial charge in [0.1, 0.15) is 12.4 Å². The number of aromatic nitrogens is 3. The average Bonchev–Trinajstić information content (AvgIpc) is 3.25. The minimum atomic E-state index is 0.560. The molecule has 138 valence electrons. The van der Waals surface area contributed by atoms with Gasteiger partial charge in [0.15, 0.2) is 16.4 Å². The van der Waals surface area contributed by atoms with Crippen LogP contribution in [0.4, 0.5) is 0 Å². The molecule has 0 aliphatic heterocycles. The minimum absolute atomic E-state index is 0.560. The fourth-order valence-electron chi connectivity index (χ4n) is 2.56. The highest BCUT2D eigenvalue weighted by Gasteiger charge is 2.14. The van der Waals surface area contributed by atoms with Crippen LogP contribution in [0.5, 0.6) is 5.75 Å². The van der Waals surface area contributed by atoms with E-state index in [1.54, 1.807) is 10.9 Å². The molecule has 0 spiro atoms. The van der Waals surface area contributed by atoms with E-state index in [4.69, 9.17) is 33.0 Å². The van der Waals surface area contributed by atoms with Crippen molar-refractivity contribution in [3.8, 4) is 17.3 Å². The summed E-state index contributed by atoms with van der Waals surface area (Å²) in [5, 5.41) is 5.32. The highest BCUT2D eigenvalue weighted by Crippen LogP contribution is 2.19. The molecule has 2 aromatic heterocycles. The van der Waals surface area contributed by atoms with Crippen LogP contribution in [-0.4, -0.2) is 39.4 Å². The maximum absolute atomic E-state index is 5.87. The molecule has 0 N–H and O–H groups in total. The number of ether oxygens (including phenoxy) is 1. The first kappa shape index (κ1) is 18.7. The molecule has 26 heavy (non-hydrogen) atoms. The van der Waals surface area contributed by atoms with Gasteiger partial charge in [-0.05, 0) is 62.6 Å². The summed E-state index contributed by atoms with van der Waals surface area (Å²) in [5.41, 5.74) is 0.